The van der Waals surface area contributed by atoms with Crippen molar-refractivity contribution >= 4 is 15.9 Å². The molecule has 82 valence electrons. The summed E-state index contributed by atoms with van der Waals surface area (Å²) in [7, 11) is 0. The highest BCUT2D eigenvalue weighted by molar-refractivity contribution is 9.10. The molecule has 0 bridgehead atoms. The summed E-state index contributed by atoms with van der Waals surface area (Å²) >= 11 is 3.47. The molecule has 0 aromatic heterocycles. The van der Waals surface area contributed by atoms with Gasteiger partial charge in [-0.3, -0.25) is 0 Å². The first-order valence-electron chi connectivity index (χ1n) is 5.45. The molecule has 0 saturated heterocycles. The summed E-state index contributed by atoms with van der Waals surface area (Å²) in [5, 5.41) is 3.48. The lowest BCUT2D eigenvalue weighted by Gasteiger charge is -2.32. The number of hydrogen-bond donors (Lipinski definition) is 2. The van der Waals surface area contributed by atoms with Crippen molar-refractivity contribution in [2.45, 2.75) is 25.4 Å². The molecule has 0 radical (unpaired) electrons. The van der Waals surface area contributed by atoms with Crippen molar-refractivity contribution in [3.63, 3.8) is 0 Å². The quantitative estimate of drug-likeness (QED) is 0.880. The predicted octanol–water partition coefficient (Wildman–Crippen LogP) is 2.28. The number of nitrogens with one attached hydrogen (secondary N) is 1. The van der Waals surface area contributed by atoms with Crippen molar-refractivity contribution in [3.8, 4) is 0 Å². The third kappa shape index (κ3) is 3.30. The van der Waals surface area contributed by atoms with Crippen LogP contribution in [0.3, 0.4) is 0 Å². The molecule has 1 aromatic rings. The molecule has 1 aromatic carbocycles. The normalized spacial score (nSPS) is 24.9. The number of benzene rings is 1. The largest absolute Gasteiger partial charge is 0.328 e. The van der Waals surface area contributed by atoms with Crippen LogP contribution < -0.4 is 11.1 Å². The van der Waals surface area contributed by atoms with Gasteiger partial charge in [-0.15, -0.1) is 0 Å². The summed E-state index contributed by atoms with van der Waals surface area (Å²) in [5.74, 6) is 0.798. The fourth-order valence-electron chi connectivity index (χ4n) is 2.02. The lowest BCUT2D eigenvalue weighted by atomic mass is 9.81. The maximum absolute atomic E-state index is 5.74. The first kappa shape index (κ1) is 11.1. The molecule has 0 atom stereocenters. The molecule has 2 rings (SSSR count). The van der Waals surface area contributed by atoms with E-state index in [0.717, 1.165) is 23.5 Å². The lowest BCUT2D eigenvalue weighted by Crippen LogP contribution is -2.41. The van der Waals surface area contributed by atoms with E-state index in [1.807, 2.05) is 0 Å². The van der Waals surface area contributed by atoms with Crippen LogP contribution in [0.25, 0.3) is 0 Å². The Balaban J connectivity index is 1.69. The second kappa shape index (κ2) is 5.10. The monoisotopic (exact) mass is 268 g/mol. The topological polar surface area (TPSA) is 38.0 Å². The van der Waals surface area contributed by atoms with Crippen molar-refractivity contribution in [2.75, 3.05) is 6.54 Å². The number of rotatable bonds is 4. The summed E-state index contributed by atoms with van der Waals surface area (Å²) in [6.45, 7) is 2.05. The first-order chi connectivity index (χ1) is 7.24. The molecule has 0 heterocycles. The zero-order valence-corrected chi connectivity index (χ0v) is 10.3. The molecule has 0 unspecified atom stereocenters. The van der Waals surface area contributed by atoms with Gasteiger partial charge in [-0.1, -0.05) is 28.1 Å². The number of halogens is 1. The van der Waals surface area contributed by atoms with Gasteiger partial charge in [0.2, 0.25) is 0 Å². The van der Waals surface area contributed by atoms with E-state index in [2.05, 4.69) is 45.5 Å². The molecule has 15 heavy (non-hydrogen) atoms. The summed E-state index contributed by atoms with van der Waals surface area (Å²) < 4.78 is 1.15. The van der Waals surface area contributed by atoms with E-state index in [9.17, 15) is 0 Å². The van der Waals surface area contributed by atoms with Crippen LogP contribution in [-0.4, -0.2) is 12.6 Å². The Morgan fingerprint density at radius 3 is 2.87 bits per heavy atom. The first-order valence-corrected chi connectivity index (χ1v) is 6.24. The highest BCUT2D eigenvalue weighted by Gasteiger charge is 2.24. The van der Waals surface area contributed by atoms with E-state index in [1.165, 1.54) is 18.4 Å². The smallest absolute Gasteiger partial charge is 0.0206 e. The molecule has 3 heteroatoms. The molecule has 1 aliphatic rings. The van der Waals surface area contributed by atoms with E-state index >= 15 is 0 Å². The fraction of sp³-hybridized carbons (Fsp3) is 0.500. The summed E-state index contributed by atoms with van der Waals surface area (Å²) in [5.41, 5.74) is 7.06. The number of nitrogens with two attached hydrogens (primary N) is 1. The highest BCUT2D eigenvalue weighted by atomic mass is 79.9. The minimum absolute atomic E-state index is 0.461. The maximum atomic E-state index is 5.74. The predicted molar refractivity (Wildman–Crippen MR) is 66.5 cm³/mol. The van der Waals surface area contributed by atoms with Gasteiger partial charge in [0.15, 0.2) is 0 Å². The zero-order valence-electron chi connectivity index (χ0n) is 8.75. The van der Waals surface area contributed by atoms with Gasteiger partial charge in [0.05, 0.1) is 0 Å². The van der Waals surface area contributed by atoms with Gasteiger partial charge in [-0.2, -0.15) is 0 Å². The Kier molecular flexibility index (Phi) is 3.78. The average Bonchev–Trinajstić information content (AvgIpc) is 2.15. The van der Waals surface area contributed by atoms with E-state index < -0.39 is 0 Å². The second-order valence-electron chi connectivity index (χ2n) is 4.36. The van der Waals surface area contributed by atoms with Crippen LogP contribution in [-0.2, 0) is 6.54 Å². The minimum Gasteiger partial charge on any atom is -0.328 e. The van der Waals surface area contributed by atoms with Gasteiger partial charge in [-0.05, 0) is 43.0 Å². The van der Waals surface area contributed by atoms with Crippen LogP contribution in [0.5, 0.6) is 0 Å². The van der Waals surface area contributed by atoms with Crippen molar-refractivity contribution in [3.05, 3.63) is 34.3 Å². The Labute approximate surface area is 99.4 Å². The molecule has 3 N–H and O–H groups in total. The summed E-state index contributed by atoms with van der Waals surface area (Å²) in [4.78, 5) is 0. The van der Waals surface area contributed by atoms with Crippen molar-refractivity contribution in [2.24, 2.45) is 11.7 Å². The average molecular weight is 269 g/mol. The standard InChI is InChI=1S/C12H17BrN2/c13-11-3-1-2-9(4-11)7-15-8-10-5-12(14)6-10/h1-4,10,12,15H,5-8,14H2. The molecule has 1 saturated carbocycles. The SMILES string of the molecule is NC1CC(CNCc2cccc(Br)c2)C1. The van der Waals surface area contributed by atoms with Crippen LogP contribution in [0.2, 0.25) is 0 Å². The van der Waals surface area contributed by atoms with E-state index in [0.29, 0.717) is 6.04 Å². The van der Waals surface area contributed by atoms with Crippen LogP contribution in [0, 0.1) is 5.92 Å². The third-order valence-corrected chi connectivity index (χ3v) is 3.42. The van der Waals surface area contributed by atoms with Gasteiger partial charge in [-0.25, -0.2) is 0 Å². The van der Waals surface area contributed by atoms with Gasteiger partial charge in [0.25, 0.3) is 0 Å². The van der Waals surface area contributed by atoms with Crippen molar-refractivity contribution < 1.29 is 0 Å². The molecule has 0 aliphatic heterocycles. The van der Waals surface area contributed by atoms with Gasteiger partial charge < -0.3 is 11.1 Å². The highest BCUT2D eigenvalue weighted by Crippen LogP contribution is 2.24. The Morgan fingerprint density at radius 1 is 1.40 bits per heavy atom. The van der Waals surface area contributed by atoms with Gasteiger partial charge in [0.1, 0.15) is 0 Å². The van der Waals surface area contributed by atoms with Crippen molar-refractivity contribution in [1.82, 2.24) is 5.32 Å². The molecule has 1 aliphatic carbocycles. The van der Waals surface area contributed by atoms with Crippen LogP contribution in [0.4, 0.5) is 0 Å². The lowest BCUT2D eigenvalue weighted by molar-refractivity contribution is 0.256. The van der Waals surface area contributed by atoms with Gasteiger partial charge in [0, 0.05) is 17.1 Å². The molecular formula is C12H17BrN2. The van der Waals surface area contributed by atoms with E-state index in [4.69, 9.17) is 5.73 Å². The van der Waals surface area contributed by atoms with Crippen LogP contribution >= 0.6 is 15.9 Å². The third-order valence-electron chi connectivity index (χ3n) is 2.92. The van der Waals surface area contributed by atoms with E-state index in [-0.39, 0.29) is 0 Å². The zero-order chi connectivity index (χ0) is 10.7. The Hall–Kier alpha value is -0.380. The molecule has 0 spiro atoms. The Morgan fingerprint density at radius 2 is 2.20 bits per heavy atom. The van der Waals surface area contributed by atoms with Crippen molar-refractivity contribution in [1.29, 1.82) is 0 Å². The molecular weight excluding hydrogens is 252 g/mol. The molecule has 1 fully saturated rings. The van der Waals surface area contributed by atoms with Crippen LogP contribution in [0.1, 0.15) is 18.4 Å². The maximum Gasteiger partial charge on any atom is 0.0206 e. The molecule has 2 nitrogen and oxygen atoms in total. The summed E-state index contributed by atoms with van der Waals surface area (Å²) in [6, 6.07) is 8.88. The molecule has 0 amide bonds. The minimum atomic E-state index is 0.461. The van der Waals surface area contributed by atoms with E-state index in [1.54, 1.807) is 0 Å². The Bertz CT molecular complexity index is 321. The fourth-order valence-corrected chi connectivity index (χ4v) is 2.47. The van der Waals surface area contributed by atoms with Gasteiger partial charge >= 0.3 is 0 Å². The second-order valence-corrected chi connectivity index (χ2v) is 5.27. The number of hydrogen-bond acceptors (Lipinski definition) is 2. The summed E-state index contributed by atoms with van der Waals surface area (Å²) in [6.07, 6.45) is 2.37. The van der Waals surface area contributed by atoms with Crippen LogP contribution in [0.15, 0.2) is 28.7 Å².